The van der Waals surface area contributed by atoms with Crippen molar-refractivity contribution in [3.63, 3.8) is 0 Å². The second-order valence-electron chi connectivity index (χ2n) is 3.93. The van der Waals surface area contributed by atoms with Crippen LogP contribution in [-0.4, -0.2) is 29.2 Å². The number of hydrogen-bond acceptors (Lipinski definition) is 2. The third kappa shape index (κ3) is 2.85. The van der Waals surface area contributed by atoms with Gasteiger partial charge in [0.1, 0.15) is 0 Å². The number of likely N-dealkylation sites (tertiary alicyclic amines) is 1. The molecule has 0 bridgehead atoms. The van der Waals surface area contributed by atoms with Gasteiger partial charge in [-0.1, -0.05) is 29.3 Å². The lowest BCUT2D eigenvalue weighted by Gasteiger charge is -2.15. The Bertz CT molecular complexity index is 356. The highest BCUT2D eigenvalue weighted by atomic mass is 35.5. The molecular weight excluding hydrogens is 233 g/mol. The van der Waals surface area contributed by atoms with Crippen molar-refractivity contribution in [1.82, 2.24) is 4.90 Å². The van der Waals surface area contributed by atoms with E-state index in [-0.39, 0.29) is 6.10 Å². The van der Waals surface area contributed by atoms with Crippen molar-refractivity contribution in [2.75, 3.05) is 13.1 Å². The highest BCUT2D eigenvalue weighted by Crippen LogP contribution is 2.24. The Balaban J connectivity index is 2.02. The van der Waals surface area contributed by atoms with E-state index in [0.717, 1.165) is 31.6 Å². The van der Waals surface area contributed by atoms with Gasteiger partial charge in [0, 0.05) is 19.6 Å². The van der Waals surface area contributed by atoms with E-state index in [0.29, 0.717) is 10.0 Å². The molecule has 0 aliphatic carbocycles. The van der Waals surface area contributed by atoms with E-state index in [2.05, 4.69) is 4.90 Å². The summed E-state index contributed by atoms with van der Waals surface area (Å²) >= 11 is 11.8. The molecule has 0 aromatic heterocycles. The van der Waals surface area contributed by atoms with Gasteiger partial charge in [0.2, 0.25) is 0 Å². The van der Waals surface area contributed by atoms with Gasteiger partial charge >= 0.3 is 0 Å². The normalized spacial score (nSPS) is 22.2. The summed E-state index contributed by atoms with van der Waals surface area (Å²) in [4.78, 5) is 2.21. The van der Waals surface area contributed by atoms with E-state index >= 15 is 0 Å². The Labute approximate surface area is 99.4 Å². The number of aliphatic hydroxyl groups is 1. The molecule has 0 radical (unpaired) electrons. The summed E-state index contributed by atoms with van der Waals surface area (Å²) in [5, 5.41) is 10.6. The SMILES string of the molecule is O[C@@H]1CCN(Cc2ccc(Cl)c(Cl)c2)C1. The van der Waals surface area contributed by atoms with Crippen LogP contribution in [0.1, 0.15) is 12.0 Å². The average molecular weight is 246 g/mol. The van der Waals surface area contributed by atoms with Crippen LogP contribution in [-0.2, 0) is 6.54 Å². The number of β-amino-alcohol motifs (C(OH)–C–C–N with tert-alkyl or cyclic N) is 1. The van der Waals surface area contributed by atoms with Crippen LogP contribution in [0.4, 0.5) is 0 Å². The molecule has 1 saturated heterocycles. The smallest absolute Gasteiger partial charge is 0.0679 e. The quantitative estimate of drug-likeness (QED) is 0.866. The minimum atomic E-state index is -0.173. The van der Waals surface area contributed by atoms with Crippen LogP contribution in [0, 0.1) is 0 Å². The zero-order valence-corrected chi connectivity index (χ0v) is 9.80. The zero-order valence-electron chi connectivity index (χ0n) is 8.29. The summed E-state index contributed by atoms with van der Waals surface area (Å²) in [6.45, 7) is 2.52. The maximum atomic E-state index is 9.39. The first-order valence-corrected chi connectivity index (χ1v) is 5.75. The molecule has 0 amide bonds. The highest BCUT2D eigenvalue weighted by molar-refractivity contribution is 6.42. The largest absolute Gasteiger partial charge is 0.392 e. The molecule has 82 valence electrons. The third-order valence-electron chi connectivity index (χ3n) is 2.64. The van der Waals surface area contributed by atoms with Crippen LogP contribution in [0.5, 0.6) is 0 Å². The van der Waals surface area contributed by atoms with Crippen LogP contribution in [0.2, 0.25) is 10.0 Å². The molecule has 2 nitrogen and oxygen atoms in total. The predicted octanol–water partition coefficient (Wildman–Crippen LogP) is 2.56. The highest BCUT2D eigenvalue weighted by Gasteiger charge is 2.19. The second kappa shape index (κ2) is 4.71. The summed E-state index contributed by atoms with van der Waals surface area (Å²) in [6.07, 6.45) is 0.689. The molecule has 15 heavy (non-hydrogen) atoms. The van der Waals surface area contributed by atoms with Crippen molar-refractivity contribution in [1.29, 1.82) is 0 Å². The number of nitrogens with zero attached hydrogens (tertiary/aromatic N) is 1. The Morgan fingerprint density at radius 1 is 1.33 bits per heavy atom. The summed E-state index contributed by atoms with van der Waals surface area (Å²) in [7, 11) is 0. The van der Waals surface area contributed by atoms with E-state index in [9.17, 15) is 5.11 Å². The zero-order chi connectivity index (χ0) is 10.8. The molecule has 1 atom stereocenters. The maximum Gasteiger partial charge on any atom is 0.0679 e. The number of aliphatic hydroxyl groups excluding tert-OH is 1. The standard InChI is InChI=1S/C11H13Cl2NO/c12-10-2-1-8(5-11(10)13)6-14-4-3-9(15)7-14/h1-2,5,9,15H,3-4,6-7H2/t9-/m1/s1. The van der Waals surface area contributed by atoms with Crippen molar-refractivity contribution in [3.8, 4) is 0 Å². The van der Waals surface area contributed by atoms with E-state index < -0.39 is 0 Å². The van der Waals surface area contributed by atoms with E-state index in [4.69, 9.17) is 23.2 Å². The molecule has 2 rings (SSSR count). The third-order valence-corrected chi connectivity index (χ3v) is 3.38. The van der Waals surface area contributed by atoms with Gasteiger partial charge in [0.05, 0.1) is 16.1 Å². The van der Waals surface area contributed by atoms with Crippen molar-refractivity contribution >= 4 is 23.2 Å². The van der Waals surface area contributed by atoms with E-state index in [1.54, 1.807) is 0 Å². The van der Waals surface area contributed by atoms with Crippen LogP contribution < -0.4 is 0 Å². The van der Waals surface area contributed by atoms with Crippen molar-refractivity contribution < 1.29 is 5.11 Å². The molecular formula is C11H13Cl2NO. The fourth-order valence-corrected chi connectivity index (χ4v) is 2.17. The maximum absolute atomic E-state index is 9.39. The second-order valence-corrected chi connectivity index (χ2v) is 4.74. The molecule has 0 unspecified atom stereocenters. The van der Waals surface area contributed by atoms with Gasteiger partial charge in [-0.3, -0.25) is 4.90 Å². The first-order valence-electron chi connectivity index (χ1n) is 4.99. The number of halogens is 2. The van der Waals surface area contributed by atoms with E-state index in [1.165, 1.54) is 0 Å². The molecule has 1 aromatic rings. The first kappa shape index (κ1) is 11.2. The fourth-order valence-electron chi connectivity index (χ4n) is 1.85. The summed E-state index contributed by atoms with van der Waals surface area (Å²) < 4.78 is 0. The van der Waals surface area contributed by atoms with E-state index in [1.807, 2.05) is 18.2 Å². The first-order chi connectivity index (χ1) is 7.15. The number of benzene rings is 1. The fraction of sp³-hybridized carbons (Fsp3) is 0.455. The van der Waals surface area contributed by atoms with Crippen molar-refractivity contribution in [3.05, 3.63) is 33.8 Å². The van der Waals surface area contributed by atoms with Crippen LogP contribution >= 0.6 is 23.2 Å². The van der Waals surface area contributed by atoms with Gasteiger partial charge < -0.3 is 5.11 Å². The van der Waals surface area contributed by atoms with Crippen LogP contribution in [0.15, 0.2) is 18.2 Å². The number of rotatable bonds is 2. The van der Waals surface area contributed by atoms with Crippen molar-refractivity contribution in [2.45, 2.75) is 19.1 Å². The predicted molar refractivity (Wildman–Crippen MR) is 62.4 cm³/mol. The molecule has 1 aliphatic heterocycles. The molecule has 0 saturated carbocycles. The van der Waals surface area contributed by atoms with Gasteiger partial charge in [-0.25, -0.2) is 0 Å². The molecule has 0 spiro atoms. The monoisotopic (exact) mass is 245 g/mol. The van der Waals surface area contributed by atoms with Gasteiger partial charge in [-0.15, -0.1) is 0 Å². The van der Waals surface area contributed by atoms with Gasteiger partial charge in [-0.05, 0) is 24.1 Å². The molecule has 1 heterocycles. The van der Waals surface area contributed by atoms with Crippen LogP contribution in [0.25, 0.3) is 0 Å². The van der Waals surface area contributed by atoms with Gasteiger partial charge in [0.25, 0.3) is 0 Å². The summed E-state index contributed by atoms with van der Waals surface area (Å²) in [6, 6.07) is 5.67. The lowest BCUT2D eigenvalue weighted by atomic mass is 10.2. The minimum absolute atomic E-state index is 0.173. The molecule has 1 N–H and O–H groups in total. The molecule has 1 aliphatic rings. The van der Waals surface area contributed by atoms with Crippen LogP contribution in [0.3, 0.4) is 0 Å². The Morgan fingerprint density at radius 2 is 2.13 bits per heavy atom. The Hall–Kier alpha value is -0.280. The average Bonchev–Trinajstić information content (AvgIpc) is 2.58. The lowest BCUT2D eigenvalue weighted by molar-refractivity contribution is 0.175. The number of hydrogen-bond donors (Lipinski definition) is 1. The Morgan fingerprint density at radius 3 is 2.73 bits per heavy atom. The molecule has 1 fully saturated rings. The summed E-state index contributed by atoms with van der Waals surface area (Å²) in [5.74, 6) is 0. The minimum Gasteiger partial charge on any atom is -0.392 e. The summed E-state index contributed by atoms with van der Waals surface area (Å²) in [5.41, 5.74) is 1.14. The van der Waals surface area contributed by atoms with Crippen molar-refractivity contribution in [2.24, 2.45) is 0 Å². The van der Waals surface area contributed by atoms with Gasteiger partial charge in [-0.2, -0.15) is 0 Å². The molecule has 1 aromatic carbocycles. The van der Waals surface area contributed by atoms with Gasteiger partial charge in [0.15, 0.2) is 0 Å². The Kier molecular flexibility index (Phi) is 3.52. The topological polar surface area (TPSA) is 23.5 Å². The molecule has 4 heteroatoms. The lowest BCUT2D eigenvalue weighted by Crippen LogP contribution is -2.21.